The highest BCUT2D eigenvalue weighted by molar-refractivity contribution is 7.88. The Morgan fingerprint density at radius 1 is 1.38 bits per heavy atom. The van der Waals surface area contributed by atoms with Crippen LogP contribution in [0.25, 0.3) is 0 Å². The number of carbonyl (C=O) groups is 1. The summed E-state index contributed by atoms with van der Waals surface area (Å²) in [6.45, 7) is 2.32. The highest BCUT2D eigenvalue weighted by Gasteiger charge is 2.33. The van der Waals surface area contributed by atoms with E-state index in [9.17, 15) is 13.2 Å². The maximum atomic E-state index is 12.4. The van der Waals surface area contributed by atoms with Gasteiger partial charge in [0.25, 0.3) is 0 Å². The molecule has 2 saturated heterocycles. The molecule has 2 aliphatic heterocycles. The van der Waals surface area contributed by atoms with E-state index in [1.165, 1.54) is 10.6 Å². The van der Waals surface area contributed by atoms with Gasteiger partial charge in [0.15, 0.2) is 0 Å². The van der Waals surface area contributed by atoms with E-state index in [0.717, 1.165) is 24.8 Å². The number of sulfonamides is 1. The molecule has 9 heteroatoms. The largest absolute Gasteiger partial charge is 0.336 e. The summed E-state index contributed by atoms with van der Waals surface area (Å²) in [6.07, 6.45) is 7.65. The quantitative estimate of drug-likeness (QED) is 0.844. The number of hydrogen-bond acceptors (Lipinski definition) is 4. The van der Waals surface area contributed by atoms with Crippen LogP contribution in [0.4, 0.5) is 4.79 Å². The number of amides is 2. The number of urea groups is 1. The number of aryl methyl sites for hydroxylation is 1. The van der Waals surface area contributed by atoms with Gasteiger partial charge in [-0.05, 0) is 24.8 Å². The van der Waals surface area contributed by atoms with Gasteiger partial charge in [0.2, 0.25) is 10.0 Å². The Hall–Kier alpha value is -1.61. The predicted octanol–water partition coefficient (Wildman–Crippen LogP) is 0.343. The maximum absolute atomic E-state index is 12.4. The van der Waals surface area contributed by atoms with E-state index in [2.05, 4.69) is 10.4 Å². The van der Waals surface area contributed by atoms with Gasteiger partial charge >= 0.3 is 6.03 Å². The highest BCUT2D eigenvalue weighted by atomic mass is 32.2. The number of aromatic nitrogens is 2. The summed E-state index contributed by atoms with van der Waals surface area (Å²) < 4.78 is 26.8. The molecule has 2 amide bonds. The van der Waals surface area contributed by atoms with Gasteiger partial charge in [0.1, 0.15) is 0 Å². The summed E-state index contributed by atoms with van der Waals surface area (Å²) in [7, 11) is -1.31. The van der Waals surface area contributed by atoms with Gasteiger partial charge in [-0.15, -0.1) is 0 Å². The minimum absolute atomic E-state index is 0.109. The van der Waals surface area contributed by atoms with Gasteiger partial charge in [0.05, 0.1) is 12.5 Å². The zero-order valence-electron chi connectivity index (χ0n) is 14.2. The van der Waals surface area contributed by atoms with Crippen molar-refractivity contribution in [2.45, 2.75) is 31.2 Å². The Bertz CT molecular complexity index is 702. The molecule has 1 unspecified atom stereocenters. The summed E-state index contributed by atoms with van der Waals surface area (Å²) in [5, 5.41) is 7.09. The lowest BCUT2D eigenvalue weighted by Crippen LogP contribution is -2.46. The molecule has 2 aliphatic rings. The van der Waals surface area contributed by atoms with Crippen molar-refractivity contribution in [1.29, 1.82) is 0 Å². The average Bonchev–Trinajstić information content (AvgIpc) is 3.23. The zero-order valence-corrected chi connectivity index (χ0v) is 15.0. The highest BCUT2D eigenvalue weighted by Crippen LogP contribution is 2.26. The normalized spacial score (nSPS) is 25.3. The molecule has 0 radical (unpaired) electrons. The van der Waals surface area contributed by atoms with Crippen molar-refractivity contribution in [3.63, 3.8) is 0 Å². The first-order chi connectivity index (χ1) is 11.3. The van der Waals surface area contributed by atoms with Gasteiger partial charge in [-0.2, -0.15) is 9.40 Å². The molecule has 2 fully saturated rings. The molecule has 134 valence electrons. The lowest BCUT2D eigenvalue weighted by molar-refractivity contribution is 0.205. The lowest BCUT2D eigenvalue weighted by Gasteiger charge is -2.24. The van der Waals surface area contributed by atoms with Crippen molar-refractivity contribution >= 4 is 16.1 Å². The third-order valence-electron chi connectivity index (χ3n) is 4.91. The molecule has 1 aromatic heterocycles. The Labute approximate surface area is 142 Å². The van der Waals surface area contributed by atoms with Gasteiger partial charge in [-0.3, -0.25) is 4.68 Å². The second-order valence-electron chi connectivity index (χ2n) is 6.73. The fraction of sp³-hybridized carbons (Fsp3) is 0.733. The molecule has 1 N–H and O–H groups in total. The van der Waals surface area contributed by atoms with Crippen LogP contribution < -0.4 is 5.32 Å². The van der Waals surface area contributed by atoms with Crippen LogP contribution in [-0.4, -0.2) is 71.9 Å². The third kappa shape index (κ3) is 3.72. The topological polar surface area (TPSA) is 87.5 Å². The minimum atomic E-state index is -3.20. The second-order valence-corrected chi connectivity index (χ2v) is 8.67. The van der Waals surface area contributed by atoms with Crippen LogP contribution in [-0.2, 0) is 17.1 Å². The Morgan fingerprint density at radius 3 is 2.83 bits per heavy atom. The van der Waals surface area contributed by atoms with Crippen molar-refractivity contribution in [3.05, 3.63) is 18.0 Å². The number of nitrogens with zero attached hydrogens (tertiary/aromatic N) is 4. The number of nitrogens with one attached hydrogen (secondary N) is 1. The van der Waals surface area contributed by atoms with Crippen LogP contribution in [0.5, 0.6) is 0 Å². The molecule has 1 aromatic rings. The summed E-state index contributed by atoms with van der Waals surface area (Å²) in [5.74, 6) is 0.323. The third-order valence-corrected chi connectivity index (χ3v) is 6.24. The summed E-state index contributed by atoms with van der Waals surface area (Å²) in [5.41, 5.74) is 1.16. The first-order valence-electron chi connectivity index (χ1n) is 8.32. The van der Waals surface area contributed by atoms with Crippen LogP contribution in [0.1, 0.15) is 30.7 Å². The molecule has 8 nitrogen and oxygen atoms in total. The SMILES string of the molecule is Cn1cc(C2CCN(C(=O)NC[C@H]3CCCN3S(C)(=O)=O)C2)cn1. The Kier molecular flexibility index (Phi) is 4.82. The van der Waals surface area contributed by atoms with E-state index >= 15 is 0 Å². The van der Waals surface area contributed by atoms with Crippen molar-refractivity contribution in [3.8, 4) is 0 Å². The molecule has 0 saturated carbocycles. The molecule has 0 spiro atoms. The first-order valence-corrected chi connectivity index (χ1v) is 10.2. The first kappa shape index (κ1) is 17.2. The Morgan fingerprint density at radius 2 is 2.17 bits per heavy atom. The van der Waals surface area contributed by atoms with Crippen LogP contribution in [0.2, 0.25) is 0 Å². The van der Waals surface area contributed by atoms with Crippen molar-refractivity contribution in [2.24, 2.45) is 7.05 Å². The van der Waals surface area contributed by atoms with Gasteiger partial charge in [-0.25, -0.2) is 13.2 Å². The molecule has 3 rings (SSSR count). The molecule has 2 atom stereocenters. The molecular weight excluding hydrogens is 330 g/mol. The van der Waals surface area contributed by atoms with E-state index in [1.807, 2.05) is 19.4 Å². The van der Waals surface area contributed by atoms with Gasteiger partial charge in [0, 0.05) is 51.4 Å². The number of carbonyl (C=O) groups excluding carboxylic acids is 1. The molecule has 3 heterocycles. The van der Waals surface area contributed by atoms with Crippen LogP contribution in [0.3, 0.4) is 0 Å². The van der Waals surface area contributed by atoms with E-state index in [-0.39, 0.29) is 12.1 Å². The summed E-state index contributed by atoms with van der Waals surface area (Å²) >= 11 is 0. The molecular formula is C15H25N5O3S. The monoisotopic (exact) mass is 355 g/mol. The molecule has 24 heavy (non-hydrogen) atoms. The Balaban J connectivity index is 1.51. The summed E-state index contributed by atoms with van der Waals surface area (Å²) in [4.78, 5) is 14.2. The molecule has 0 aliphatic carbocycles. The lowest BCUT2D eigenvalue weighted by atomic mass is 10.0. The molecule has 0 aromatic carbocycles. The van der Waals surface area contributed by atoms with Gasteiger partial charge < -0.3 is 10.2 Å². The smallest absolute Gasteiger partial charge is 0.317 e. The van der Waals surface area contributed by atoms with E-state index in [1.54, 1.807) is 9.58 Å². The fourth-order valence-electron chi connectivity index (χ4n) is 3.63. The minimum Gasteiger partial charge on any atom is -0.336 e. The fourth-order valence-corrected chi connectivity index (χ4v) is 4.82. The number of rotatable bonds is 4. The van der Waals surface area contributed by atoms with E-state index < -0.39 is 10.0 Å². The van der Waals surface area contributed by atoms with Crippen LogP contribution >= 0.6 is 0 Å². The summed E-state index contributed by atoms with van der Waals surface area (Å²) in [6, 6.07) is -0.234. The number of hydrogen-bond donors (Lipinski definition) is 1. The predicted molar refractivity (Wildman–Crippen MR) is 90.1 cm³/mol. The van der Waals surface area contributed by atoms with Crippen molar-refractivity contribution < 1.29 is 13.2 Å². The second kappa shape index (κ2) is 6.72. The van der Waals surface area contributed by atoms with E-state index in [4.69, 9.17) is 0 Å². The standard InChI is InChI=1S/C15H25N5O3S/c1-18-10-13(8-17-18)12-5-7-19(11-12)15(21)16-9-14-4-3-6-20(14)24(2,22)23/h8,10,12,14H,3-7,9,11H2,1-2H3,(H,16,21)/t12?,14-/m1/s1. The van der Waals surface area contributed by atoms with Crippen molar-refractivity contribution in [2.75, 3.05) is 32.4 Å². The van der Waals surface area contributed by atoms with Crippen LogP contribution in [0.15, 0.2) is 12.4 Å². The van der Waals surface area contributed by atoms with Crippen molar-refractivity contribution in [1.82, 2.24) is 24.3 Å². The molecule has 0 bridgehead atoms. The van der Waals surface area contributed by atoms with Crippen LogP contribution in [0, 0.1) is 0 Å². The van der Waals surface area contributed by atoms with Gasteiger partial charge in [-0.1, -0.05) is 0 Å². The average molecular weight is 355 g/mol. The van der Waals surface area contributed by atoms with E-state index in [0.29, 0.717) is 32.1 Å². The maximum Gasteiger partial charge on any atom is 0.317 e. The zero-order chi connectivity index (χ0) is 17.3. The number of likely N-dealkylation sites (tertiary alicyclic amines) is 1.